The van der Waals surface area contributed by atoms with E-state index in [-0.39, 0.29) is 80.3 Å². The molecule has 0 bridgehead atoms. The molecular weight excluding hydrogens is 1020 g/mol. The molecule has 0 fully saturated rings. The minimum atomic E-state index is -2.24. The molecule has 12 heteroatoms. The summed E-state index contributed by atoms with van der Waals surface area (Å²) in [5.41, 5.74) is 1.12. The van der Waals surface area contributed by atoms with Crippen molar-refractivity contribution in [1.82, 2.24) is 0 Å². The lowest BCUT2D eigenvalue weighted by Gasteiger charge is -2.44. The molecule has 444 valence electrons. The van der Waals surface area contributed by atoms with Crippen LogP contribution >= 0.6 is 0 Å². The number of esters is 1. The molecule has 1 rings (SSSR count). The summed E-state index contributed by atoms with van der Waals surface area (Å²) in [7, 11) is -5.73. The summed E-state index contributed by atoms with van der Waals surface area (Å²) >= 11 is 0. The average Bonchev–Trinajstić information content (AvgIpc) is 3.29. The molecule has 8 nitrogen and oxygen atoms in total. The van der Waals surface area contributed by atoms with Crippen molar-refractivity contribution >= 4 is 39.2 Å². The van der Waals surface area contributed by atoms with Crippen LogP contribution in [0, 0.1) is 35.5 Å². The molecule has 0 aliphatic rings. The van der Waals surface area contributed by atoms with E-state index < -0.39 is 33.3 Å². The predicted molar refractivity (Wildman–Crippen MR) is 342 cm³/mol. The highest BCUT2D eigenvalue weighted by Gasteiger charge is 2.45. The van der Waals surface area contributed by atoms with Crippen molar-refractivity contribution < 1.29 is 36.7 Å². The van der Waals surface area contributed by atoms with E-state index in [1.54, 1.807) is 13.2 Å². The number of hydrogen-bond acceptors (Lipinski definition) is 8. The molecule has 0 aliphatic carbocycles. The molecule has 1 aromatic carbocycles. The van der Waals surface area contributed by atoms with Crippen molar-refractivity contribution in [3.8, 4) is 5.75 Å². The highest BCUT2D eigenvalue weighted by molar-refractivity contribution is 6.75. The maximum Gasteiger partial charge on any atom is 0.330 e. The van der Waals surface area contributed by atoms with Crippen LogP contribution in [0.4, 0.5) is 0 Å². The normalized spacial score (nSPS) is 18.5. The summed E-state index contributed by atoms with van der Waals surface area (Å²) in [6.07, 6.45) is 21.6. The molecule has 11 atom stereocenters. The van der Waals surface area contributed by atoms with E-state index in [1.807, 2.05) is 30.4 Å². The molecule has 0 unspecified atom stereocenters. The Morgan fingerprint density at radius 2 is 1.01 bits per heavy atom. The van der Waals surface area contributed by atoms with Gasteiger partial charge in [-0.3, -0.25) is 0 Å². The summed E-state index contributed by atoms with van der Waals surface area (Å²) in [6.45, 7) is 65.4. The standard InChI is InChI=1S/C65H120O8Si4/c1-30-31-34-50(4)61(69-47-54-39-42-55(67-20)43-40-54)53(7)57(71-75(24,25)63(11,12)13)44-37-48(2)45-52(6)60(73-77(28,29)65(17,18)19)51(5)38-41-56(70-74(22,23)62(8,9)10)46-58(72-76(26,27)64(14,15)16)49(3)35-32-33-36-59(66)68-21/h30-36,38-43,48-53,56-58,60-61H,1,37,44-47H2,2-29H3/b34-31-,35-32+,36-33-,41-38-/t48-,49+,50-,51-,52-,53-,56-,57+,58-,60-,61-/m0/s1. The molecule has 0 aliphatic heterocycles. The Balaban J connectivity index is 3.84. The Bertz CT molecular complexity index is 2010. The summed E-state index contributed by atoms with van der Waals surface area (Å²) in [6, 6.07) is 8.20. The van der Waals surface area contributed by atoms with Gasteiger partial charge >= 0.3 is 5.97 Å². The van der Waals surface area contributed by atoms with Gasteiger partial charge < -0.3 is 31.9 Å². The van der Waals surface area contributed by atoms with Gasteiger partial charge in [0.25, 0.3) is 0 Å². The van der Waals surface area contributed by atoms with E-state index in [4.69, 9.17) is 31.9 Å². The van der Waals surface area contributed by atoms with Crippen molar-refractivity contribution in [3.05, 3.63) is 91.1 Å². The fourth-order valence-corrected chi connectivity index (χ4v) is 14.3. The first-order chi connectivity index (χ1) is 35.0. The zero-order valence-corrected chi connectivity index (χ0v) is 58.9. The minimum Gasteiger partial charge on any atom is -0.497 e. The molecule has 0 aromatic heterocycles. The molecule has 0 amide bonds. The zero-order valence-electron chi connectivity index (χ0n) is 54.9. The first kappa shape index (κ1) is 72.9. The van der Waals surface area contributed by atoms with Crippen molar-refractivity contribution in [2.24, 2.45) is 35.5 Å². The molecule has 0 heterocycles. The molecule has 0 spiro atoms. The molecule has 0 saturated carbocycles. The second-order valence-corrected chi connectivity index (χ2v) is 48.1. The Hall–Kier alpha value is -2.14. The van der Waals surface area contributed by atoms with Crippen molar-refractivity contribution in [2.75, 3.05) is 14.2 Å². The van der Waals surface area contributed by atoms with E-state index in [0.717, 1.165) is 30.6 Å². The third-order valence-corrected chi connectivity index (χ3v) is 36.2. The molecule has 0 N–H and O–H groups in total. The fraction of sp³-hybridized carbons (Fsp3) is 0.738. The Morgan fingerprint density at radius 1 is 0.545 bits per heavy atom. The number of hydrogen-bond donors (Lipinski definition) is 0. The molecular formula is C65H120O8Si4. The van der Waals surface area contributed by atoms with Crippen LogP contribution in [0.25, 0.3) is 0 Å². The molecule has 1 aromatic rings. The first-order valence-corrected chi connectivity index (χ1v) is 41.0. The summed E-state index contributed by atoms with van der Waals surface area (Å²) in [4.78, 5) is 11.9. The van der Waals surface area contributed by atoms with Gasteiger partial charge in [-0.15, -0.1) is 0 Å². The third-order valence-electron chi connectivity index (χ3n) is 18.2. The Morgan fingerprint density at radius 3 is 1.49 bits per heavy atom. The number of carbonyl (C=O) groups is 1. The predicted octanol–water partition coefficient (Wildman–Crippen LogP) is 19.1. The fourth-order valence-electron chi connectivity index (χ4n) is 8.70. The number of methoxy groups -OCH3 is 2. The highest BCUT2D eigenvalue weighted by Crippen LogP contribution is 2.44. The first-order valence-electron chi connectivity index (χ1n) is 29.3. The van der Waals surface area contributed by atoms with Gasteiger partial charge in [-0.05, 0) is 133 Å². The smallest absolute Gasteiger partial charge is 0.330 e. The van der Waals surface area contributed by atoms with Gasteiger partial charge in [0.2, 0.25) is 0 Å². The van der Waals surface area contributed by atoms with Crippen LogP contribution in [0.3, 0.4) is 0 Å². The van der Waals surface area contributed by atoms with E-state index in [0.29, 0.717) is 24.9 Å². The van der Waals surface area contributed by atoms with Crippen LogP contribution in [0.2, 0.25) is 72.5 Å². The van der Waals surface area contributed by atoms with Crippen LogP contribution in [0.1, 0.15) is 156 Å². The third kappa shape index (κ3) is 24.1. The number of benzene rings is 1. The van der Waals surface area contributed by atoms with Gasteiger partial charge in [0.15, 0.2) is 33.3 Å². The number of allylic oxidation sites excluding steroid dienone is 4. The van der Waals surface area contributed by atoms with Crippen LogP contribution in [-0.2, 0) is 38.6 Å². The van der Waals surface area contributed by atoms with E-state index >= 15 is 0 Å². The van der Waals surface area contributed by atoms with E-state index in [1.165, 1.54) is 13.2 Å². The zero-order chi connectivity index (χ0) is 59.8. The minimum absolute atomic E-state index is 0.0114. The van der Waals surface area contributed by atoms with Gasteiger partial charge in [-0.2, -0.15) is 0 Å². The topological polar surface area (TPSA) is 81.7 Å². The number of rotatable bonds is 32. The summed E-state index contributed by atoms with van der Waals surface area (Å²) < 4.78 is 47.1. The van der Waals surface area contributed by atoms with Gasteiger partial charge in [-0.25, -0.2) is 4.79 Å². The van der Waals surface area contributed by atoms with Gasteiger partial charge in [0.1, 0.15) is 5.75 Å². The van der Waals surface area contributed by atoms with Crippen LogP contribution in [-0.4, -0.2) is 84.0 Å². The quantitative estimate of drug-likeness (QED) is 0.0232. The number of carbonyl (C=O) groups excluding carboxylic acids is 1. The second kappa shape index (κ2) is 30.8. The van der Waals surface area contributed by atoms with Crippen LogP contribution in [0.15, 0.2) is 85.5 Å². The molecule has 0 saturated heterocycles. The molecule has 77 heavy (non-hydrogen) atoms. The average molecular weight is 1140 g/mol. The largest absolute Gasteiger partial charge is 0.497 e. The lowest BCUT2D eigenvalue weighted by Crippen LogP contribution is -2.48. The van der Waals surface area contributed by atoms with Gasteiger partial charge in [-0.1, -0.05) is 192 Å². The van der Waals surface area contributed by atoms with Gasteiger partial charge in [0.05, 0.1) is 51.3 Å². The van der Waals surface area contributed by atoms with Crippen molar-refractivity contribution in [2.45, 2.75) is 260 Å². The SMILES string of the molecule is C=C/C=C\[C@H](C)[C@H](OCc1ccc(OC)cc1)[C@@H](C)[C@@H](CC[C@H](C)C[C@H](C)[C@@H](O[Si](C)(C)C(C)(C)C)[C@@H](C)/C=C\[C@@H](C[C@H](O[Si](C)(C)C(C)(C)C)[C@H](C)/C=C/C=C\C(=O)OC)O[Si](C)(C)C(C)(C)C)O[Si](C)(C)C(C)(C)C. The van der Waals surface area contributed by atoms with Crippen LogP contribution < -0.4 is 4.74 Å². The maximum absolute atomic E-state index is 11.9. The summed E-state index contributed by atoms with van der Waals surface area (Å²) in [5, 5.41) is 0.146. The van der Waals surface area contributed by atoms with Gasteiger partial charge in [0, 0.05) is 24.3 Å². The lowest BCUT2D eigenvalue weighted by atomic mass is 9.82. The summed E-state index contributed by atoms with van der Waals surface area (Å²) in [5.74, 6) is 1.66. The Kier molecular flexibility index (Phi) is 29.1. The Labute approximate surface area is 479 Å². The number of ether oxygens (including phenoxy) is 3. The van der Waals surface area contributed by atoms with E-state index in [2.05, 4.69) is 220 Å². The lowest BCUT2D eigenvalue weighted by molar-refractivity contribution is -0.134. The molecule has 0 radical (unpaired) electrons. The van der Waals surface area contributed by atoms with E-state index in [9.17, 15) is 4.79 Å². The van der Waals surface area contributed by atoms with Crippen molar-refractivity contribution in [3.63, 3.8) is 0 Å². The maximum atomic E-state index is 11.9. The van der Waals surface area contributed by atoms with Crippen LogP contribution in [0.5, 0.6) is 5.75 Å². The highest BCUT2D eigenvalue weighted by atomic mass is 28.4. The monoisotopic (exact) mass is 1140 g/mol. The van der Waals surface area contributed by atoms with Crippen molar-refractivity contribution in [1.29, 1.82) is 0 Å². The second-order valence-electron chi connectivity index (χ2n) is 29.1.